The summed E-state index contributed by atoms with van der Waals surface area (Å²) < 4.78 is 46.7. The normalized spacial score (nSPS) is 15.4. The van der Waals surface area contributed by atoms with Crippen LogP contribution in [0.1, 0.15) is 21.5 Å². The number of hydrogen-bond acceptors (Lipinski definition) is 4. The molecule has 6 nitrogen and oxygen atoms in total. The third kappa shape index (κ3) is 4.91. The second-order valence-electron chi connectivity index (χ2n) is 7.79. The first kappa shape index (κ1) is 21.8. The van der Waals surface area contributed by atoms with Crippen molar-refractivity contribution < 1.29 is 22.3 Å². The molecule has 0 saturated heterocycles. The third-order valence-corrected chi connectivity index (χ3v) is 6.73. The summed E-state index contributed by atoms with van der Waals surface area (Å²) in [5.74, 6) is 0.360. The number of anilines is 1. The van der Waals surface area contributed by atoms with Crippen LogP contribution in [0.15, 0.2) is 71.6 Å². The molecule has 0 fully saturated rings. The zero-order chi connectivity index (χ0) is 22.7. The highest BCUT2D eigenvalue weighted by molar-refractivity contribution is 7.92. The molecule has 0 radical (unpaired) electrons. The molecule has 1 amide bonds. The average molecular weight is 455 g/mol. The standard InChI is InChI=1S/C24H23FN2O4S/c1-16-12-21(10-11-22(16)25)32(29,30)27-20-8-6-18(7-9-20)24(28)26-14-17-13-19-4-2-3-5-23(19)31-15-17/h2-12,17,27H,13-15H2,1H3,(H,26,28). The number of para-hydroxylation sites is 1. The van der Waals surface area contributed by atoms with Crippen LogP contribution in [-0.2, 0) is 16.4 Å². The molecule has 0 bridgehead atoms. The third-order valence-electron chi connectivity index (χ3n) is 5.35. The van der Waals surface area contributed by atoms with Crippen LogP contribution in [0.5, 0.6) is 5.75 Å². The first-order valence-corrected chi connectivity index (χ1v) is 11.7. The average Bonchev–Trinajstić information content (AvgIpc) is 2.79. The van der Waals surface area contributed by atoms with Crippen molar-refractivity contribution in [2.24, 2.45) is 5.92 Å². The number of halogens is 1. The van der Waals surface area contributed by atoms with Gasteiger partial charge >= 0.3 is 0 Å². The summed E-state index contributed by atoms with van der Waals surface area (Å²) in [7, 11) is -3.87. The molecule has 0 saturated carbocycles. The molecule has 0 aliphatic carbocycles. The largest absolute Gasteiger partial charge is 0.493 e. The second-order valence-corrected chi connectivity index (χ2v) is 9.48. The van der Waals surface area contributed by atoms with Gasteiger partial charge in [0.15, 0.2) is 0 Å². The number of hydrogen-bond donors (Lipinski definition) is 2. The van der Waals surface area contributed by atoms with Gasteiger partial charge in [0.1, 0.15) is 11.6 Å². The first-order valence-electron chi connectivity index (χ1n) is 10.2. The molecule has 0 spiro atoms. The fourth-order valence-corrected chi connectivity index (χ4v) is 4.69. The monoisotopic (exact) mass is 454 g/mol. The number of carbonyl (C=O) groups excluding carboxylic acids is 1. The predicted octanol–water partition coefficient (Wildman–Crippen LogP) is 3.92. The highest BCUT2D eigenvalue weighted by Gasteiger charge is 2.20. The van der Waals surface area contributed by atoms with Gasteiger partial charge in [0, 0.05) is 23.7 Å². The maximum atomic E-state index is 13.4. The quantitative estimate of drug-likeness (QED) is 0.591. The number of aryl methyl sites for hydroxylation is 1. The van der Waals surface area contributed by atoms with Crippen molar-refractivity contribution in [3.8, 4) is 5.75 Å². The first-order chi connectivity index (χ1) is 15.3. The maximum absolute atomic E-state index is 13.4. The lowest BCUT2D eigenvalue weighted by molar-refractivity contribution is 0.0939. The molecular formula is C24H23FN2O4S. The van der Waals surface area contributed by atoms with E-state index in [2.05, 4.69) is 10.0 Å². The van der Waals surface area contributed by atoms with Gasteiger partial charge in [0.05, 0.1) is 11.5 Å². The predicted molar refractivity (Wildman–Crippen MR) is 120 cm³/mol. The van der Waals surface area contributed by atoms with Crippen molar-refractivity contribution in [2.75, 3.05) is 17.9 Å². The van der Waals surface area contributed by atoms with E-state index in [1.165, 1.54) is 31.2 Å². The molecule has 32 heavy (non-hydrogen) atoms. The summed E-state index contributed by atoms with van der Waals surface area (Å²) >= 11 is 0. The van der Waals surface area contributed by atoms with E-state index in [9.17, 15) is 17.6 Å². The highest BCUT2D eigenvalue weighted by Crippen LogP contribution is 2.26. The smallest absolute Gasteiger partial charge is 0.261 e. The van der Waals surface area contributed by atoms with E-state index >= 15 is 0 Å². The lowest BCUT2D eigenvalue weighted by Crippen LogP contribution is -2.34. The molecule has 1 atom stereocenters. The zero-order valence-corrected chi connectivity index (χ0v) is 18.3. The van der Waals surface area contributed by atoms with Crippen molar-refractivity contribution in [3.05, 3.63) is 89.2 Å². The van der Waals surface area contributed by atoms with Crippen LogP contribution in [0.2, 0.25) is 0 Å². The Labute approximate surface area is 186 Å². The van der Waals surface area contributed by atoms with Gasteiger partial charge in [-0.3, -0.25) is 9.52 Å². The molecule has 1 aliphatic heterocycles. The SMILES string of the molecule is Cc1cc(S(=O)(=O)Nc2ccc(C(=O)NCC3COc4ccccc4C3)cc2)ccc1F. The van der Waals surface area contributed by atoms with E-state index in [0.717, 1.165) is 23.8 Å². The Morgan fingerprint density at radius 2 is 1.84 bits per heavy atom. The van der Waals surface area contributed by atoms with E-state index in [-0.39, 0.29) is 22.3 Å². The van der Waals surface area contributed by atoms with Crippen molar-refractivity contribution >= 4 is 21.6 Å². The molecule has 0 aromatic heterocycles. The molecule has 3 aromatic carbocycles. The number of ether oxygens (including phenoxy) is 1. The van der Waals surface area contributed by atoms with Gasteiger partial charge in [-0.1, -0.05) is 18.2 Å². The van der Waals surface area contributed by atoms with E-state index in [1.807, 2.05) is 24.3 Å². The van der Waals surface area contributed by atoms with Gasteiger partial charge in [-0.2, -0.15) is 0 Å². The fraction of sp³-hybridized carbons (Fsp3) is 0.208. The fourth-order valence-electron chi connectivity index (χ4n) is 3.55. The van der Waals surface area contributed by atoms with Crippen LogP contribution in [-0.4, -0.2) is 27.5 Å². The Kier molecular flexibility index (Phi) is 6.14. The molecule has 1 unspecified atom stereocenters. The molecule has 1 aliphatic rings. The summed E-state index contributed by atoms with van der Waals surface area (Å²) in [6.45, 7) is 2.52. The number of carbonyl (C=O) groups is 1. The molecule has 166 valence electrons. The van der Waals surface area contributed by atoms with Gasteiger partial charge in [0.2, 0.25) is 0 Å². The van der Waals surface area contributed by atoms with Crippen molar-refractivity contribution in [3.63, 3.8) is 0 Å². The van der Waals surface area contributed by atoms with Crippen LogP contribution in [0.25, 0.3) is 0 Å². The Morgan fingerprint density at radius 3 is 2.59 bits per heavy atom. The Bertz CT molecular complexity index is 1240. The van der Waals surface area contributed by atoms with Crippen LogP contribution in [0, 0.1) is 18.7 Å². The number of nitrogens with one attached hydrogen (secondary N) is 2. The van der Waals surface area contributed by atoms with Gasteiger partial charge < -0.3 is 10.1 Å². The van der Waals surface area contributed by atoms with Crippen LogP contribution in [0.4, 0.5) is 10.1 Å². The van der Waals surface area contributed by atoms with Crippen molar-refractivity contribution in [2.45, 2.75) is 18.2 Å². The number of amides is 1. The second kappa shape index (κ2) is 9.00. The maximum Gasteiger partial charge on any atom is 0.261 e. The minimum Gasteiger partial charge on any atom is -0.493 e. The van der Waals surface area contributed by atoms with Gasteiger partial charge in [-0.05, 0) is 73.0 Å². The zero-order valence-electron chi connectivity index (χ0n) is 17.5. The van der Waals surface area contributed by atoms with Crippen LogP contribution in [0.3, 0.4) is 0 Å². The van der Waals surface area contributed by atoms with Gasteiger partial charge in [-0.15, -0.1) is 0 Å². The lowest BCUT2D eigenvalue weighted by Gasteiger charge is -2.25. The van der Waals surface area contributed by atoms with Gasteiger partial charge in [-0.25, -0.2) is 12.8 Å². The Balaban J connectivity index is 1.35. The van der Waals surface area contributed by atoms with E-state index in [0.29, 0.717) is 24.4 Å². The van der Waals surface area contributed by atoms with Crippen molar-refractivity contribution in [1.82, 2.24) is 5.32 Å². The molecular weight excluding hydrogens is 431 g/mol. The topological polar surface area (TPSA) is 84.5 Å². The van der Waals surface area contributed by atoms with Crippen LogP contribution < -0.4 is 14.8 Å². The number of benzene rings is 3. The number of sulfonamides is 1. The summed E-state index contributed by atoms with van der Waals surface area (Å²) in [4.78, 5) is 12.5. The Hall–Kier alpha value is -3.39. The minimum absolute atomic E-state index is 0.0329. The summed E-state index contributed by atoms with van der Waals surface area (Å²) in [6, 6.07) is 17.6. The molecule has 3 aromatic rings. The number of rotatable bonds is 6. The summed E-state index contributed by atoms with van der Waals surface area (Å²) in [6.07, 6.45) is 0.833. The summed E-state index contributed by atoms with van der Waals surface area (Å²) in [5, 5.41) is 2.91. The minimum atomic E-state index is -3.87. The lowest BCUT2D eigenvalue weighted by atomic mass is 9.96. The summed E-state index contributed by atoms with van der Waals surface area (Å²) in [5.41, 5.74) is 2.10. The molecule has 4 rings (SSSR count). The molecule has 8 heteroatoms. The Morgan fingerprint density at radius 1 is 1.09 bits per heavy atom. The molecule has 2 N–H and O–H groups in total. The van der Waals surface area contributed by atoms with E-state index in [4.69, 9.17) is 4.74 Å². The number of fused-ring (bicyclic) bond motifs is 1. The highest BCUT2D eigenvalue weighted by atomic mass is 32.2. The van der Waals surface area contributed by atoms with Crippen LogP contribution >= 0.6 is 0 Å². The van der Waals surface area contributed by atoms with E-state index in [1.54, 1.807) is 12.1 Å². The molecule has 1 heterocycles. The van der Waals surface area contributed by atoms with E-state index < -0.39 is 15.8 Å². The van der Waals surface area contributed by atoms with Gasteiger partial charge in [0.25, 0.3) is 15.9 Å². The van der Waals surface area contributed by atoms with Crippen molar-refractivity contribution in [1.29, 1.82) is 0 Å².